The number of ether oxygens (including phenoxy) is 1. The van der Waals surface area contributed by atoms with E-state index in [1.54, 1.807) is 12.0 Å². The van der Waals surface area contributed by atoms with Crippen LogP contribution in [0.25, 0.3) is 0 Å². The summed E-state index contributed by atoms with van der Waals surface area (Å²) in [5.74, 6) is -0.432. The third kappa shape index (κ3) is 5.75. The van der Waals surface area contributed by atoms with E-state index in [4.69, 9.17) is 4.74 Å². The molecule has 0 saturated carbocycles. The van der Waals surface area contributed by atoms with Gasteiger partial charge >= 0.3 is 0 Å². The Morgan fingerprint density at radius 2 is 1.56 bits per heavy atom. The molecule has 2 heterocycles. The van der Waals surface area contributed by atoms with Crippen LogP contribution in [0.4, 0.5) is 8.78 Å². The minimum absolute atomic E-state index is 0.0991. The molecule has 2 aliphatic rings. The molecule has 7 heteroatoms. The van der Waals surface area contributed by atoms with Gasteiger partial charge in [-0.2, -0.15) is 0 Å². The molecule has 0 atom stereocenters. The van der Waals surface area contributed by atoms with Gasteiger partial charge in [-0.05, 0) is 74.3 Å². The summed E-state index contributed by atoms with van der Waals surface area (Å²) in [4.78, 5) is 29.2. The molecule has 2 aromatic carbocycles. The summed E-state index contributed by atoms with van der Waals surface area (Å²) in [5, 5.41) is 0. The minimum Gasteiger partial charge on any atom is -0.497 e. The summed E-state index contributed by atoms with van der Waals surface area (Å²) in [5.41, 5.74) is 1.18. The molecule has 0 unspecified atom stereocenters. The molecular formula is C27H32F2N2O3. The molecule has 2 saturated heterocycles. The van der Waals surface area contributed by atoms with Crippen molar-refractivity contribution in [2.75, 3.05) is 33.3 Å². The van der Waals surface area contributed by atoms with E-state index in [1.807, 2.05) is 17.0 Å². The first-order valence-electron chi connectivity index (χ1n) is 12.1. The lowest BCUT2D eigenvalue weighted by molar-refractivity contribution is -0.138. The zero-order valence-corrected chi connectivity index (χ0v) is 19.6. The van der Waals surface area contributed by atoms with E-state index in [-0.39, 0.29) is 17.4 Å². The average molecular weight is 471 g/mol. The van der Waals surface area contributed by atoms with Crippen LogP contribution in [-0.4, -0.2) is 54.9 Å². The van der Waals surface area contributed by atoms with E-state index in [2.05, 4.69) is 12.1 Å². The first kappa shape index (κ1) is 24.2. The monoisotopic (exact) mass is 470 g/mol. The van der Waals surface area contributed by atoms with Gasteiger partial charge in [0.15, 0.2) is 0 Å². The SMILES string of the molecule is COc1ccc(CCC2CCN(C(=O)C3CCN(C(=O)c4ccc(F)cc4F)CC3)CC2)cc1. The Morgan fingerprint density at radius 1 is 0.912 bits per heavy atom. The number of halogens is 2. The van der Waals surface area contributed by atoms with Crippen LogP contribution in [0.3, 0.4) is 0 Å². The van der Waals surface area contributed by atoms with Gasteiger partial charge < -0.3 is 14.5 Å². The van der Waals surface area contributed by atoms with Gasteiger partial charge in [-0.25, -0.2) is 8.78 Å². The maximum absolute atomic E-state index is 14.0. The van der Waals surface area contributed by atoms with Crippen molar-refractivity contribution >= 4 is 11.8 Å². The molecular weight excluding hydrogens is 438 g/mol. The lowest BCUT2D eigenvalue weighted by atomic mass is 9.89. The van der Waals surface area contributed by atoms with Crippen molar-refractivity contribution in [2.45, 2.75) is 38.5 Å². The third-order valence-corrected chi connectivity index (χ3v) is 7.22. The van der Waals surface area contributed by atoms with Gasteiger partial charge in [0.2, 0.25) is 5.91 Å². The molecule has 2 aromatic rings. The normalized spacial score (nSPS) is 17.6. The quantitative estimate of drug-likeness (QED) is 0.615. The predicted octanol–water partition coefficient (Wildman–Crippen LogP) is 4.70. The van der Waals surface area contributed by atoms with Crippen LogP contribution in [0.1, 0.15) is 48.0 Å². The van der Waals surface area contributed by atoms with E-state index in [0.29, 0.717) is 31.8 Å². The molecule has 34 heavy (non-hydrogen) atoms. The van der Waals surface area contributed by atoms with Crippen molar-refractivity contribution in [2.24, 2.45) is 11.8 Å². The molecule has 4 rings (SSSR count). The van der Waals surface area contributed by atoms with Gasteiger partial charge in [0.05, 0.1) is 12.7 Å². The predicted molar refractivity (Wildman–Crippen MR) is 126 cm³/mol. The van der Waals surface area contributed by atoms with Crippen LogP contribution in [-0.2, 0) is 11.2 Å². The van der Waals surface area contributed by atoms with Crippen molar-refractivity contribution in [3.05, 3.63) is 65.2 Å². The number of hydrogen-bond donors (Lipinski definition) is 0. The summed E-state index contributed by atoms with van der Waals surface area (Å²) in [6.07, 6.45) is 5.33. The van der Waals surface area contributed by atoms with Crippen LogP contribution >= 0.6 is 0 Å². The second-order valence-corrected chi connectivity index (χ2v) is 9.35. The standard InChI is InChI=1S/C27H32F2N2O3/c1-34-23-7-4-19(5-8-23)2-3-20-10-14-30(15-11-20)26(32)21-12-16-31(17-13-21)27(33)24-9-6-22(28)18-25(24)29/h4-9,18,20-21H,2-3,10-17H2,1H3. The lowest BCUT2D eigenvalue weighted by Gasteiger charge is -2.37. The lowest BCUT2D eigenvalue weighted by Crippen LogP contribution is -2.46. The first-order chi connectivity index (χ1) is 16.4. The topological polar surface area (TPSA) is 49.9 Å². The number of carbonyl (C=O) groups is 2. The highest BCUT2D eigenvalue weighted by Crippen LogP contribution is 2.27. The molecule has 0 aromatic heterocycles. The van der Waals surface area contributed by atoms with Crippen LogP contribution < -0.4 is 4.74 Å². The Balaban J connectivity index is 1.20. The largest absolute Gasteiger partial charge is 0.497 e. The van der Waals surface area contributed by atoms with Gasteiger partial charge in [0.1, 0.15) is 17.4 Å². The minimum atomic E-state index is -0.849. The number of piperidine rings is 2. The number of nitrogens with zero attached hydrogens (tertiary/aromatic N) is 2. The van der Waals surface area contributed by atoms with E-state index in [0.717, 1.165) is 56.7 Å². The number of likely N-dealkylation sites (tertiary alicyclic amines) is 2. The van der Waals surface area contributed by atoms with Crippen molar-refractivity contribution in [1.29, 1.82) is 0 Å². The Bertz CT molecular complexity index is 995. The number of carbonyl (C=O) groups excluding carboxylic acids is 2. The summed E-state index contributed by atoms with van der Waals surface area (Å²) in [7, 11) is 1.67. The Labute approximate surface area is 199 Å². The fraction of sp³-hybridized carbons (Fsp3) is 0.481. The van der Waals surface area contributed by atoms with Gasteiger partial charge in [0, 0.05) is 38.2 Å². The summed E-state index contributed by atoms with van der Waals surface area (Å²) in [6, 6.07) is 11.2. The summed E-state index contributed by atoms with van der Waals surface area (Å²) < 4.78 is 32.3. The molecule has 0 bridgehead atoms. The molecule has 0 aliphatic carbocycles. The van der Waals surface area contributed by atoms with Crippen molar-refractivity contribution < 1.29 is 23.1 Å². The van der Waals surface area contributed by atoms with Crippen LogP contribution in [0, 0.1) is 23.5 Å². The molecule has 5 nitrogen and oxygen atoms in total. The molecule has 2 aliphatic heterocycles. The fourth-order valence-electron chi connectivity index (χ4n) is 5.03. The average Bonchev–Trinajstić information content (AvgIpc) is 2.87. The van der Waals surface area contributed by atoms with Crippen LogP contribution in [0.2, 0.25) is 0 Å². The zero-order chi connectivity index (χ0) is 24.1. The summed E-state index contributed by atoms with van der Waals surface area (Å²) in [6.45, 7) is 2.38. The molecule has 0 radical (unpaired) electrons. The van der Waals surface area contributed by atoms with Crippen molar-refractivity contribution in [3.8, 4) is 5.75 Å². The van der Waals surface area contributed by atoms with Crippen molar-refractivity contribution in [3.63, 3.8) is 0 Å². The molecule has 2 fully saturated rings. The third-order valence-electron chi connectivity index (χ3n) is 7.22. The maximum atomic E-state index is 14.0. The summed E-state index contributed by atoms with van der Waals surface area (Å²) >= 11 is 0. The van der Waals surface area contributed by atoms with Crippen molar-refractivity contribution in [1.82, 2.24) is 9.80 Å². The highest BCUT2D eigenvalue weighted by atomic mass is 19.1. The number of methoxy groups -OCH3 is 1. The number of aryl methyl sites for hydroxylation is 1. The van der Waals surface area contributed by atoms with E-state index >= 15 is 0 Å². The van der Waals surface area contributed by atoms with E-state index in [9.17, 15) is 18.4 Å². The number of rotatable bonds is 6. The van der Waals surface area contributed by atoms with E-state index < -0.39 is 17.5 Å². The second kappa shape index (κ2) is 11.0. The van der Waals surface area contributed by atoms with Gasteiger partial charge in [0.25, 0.3) is 5.91 Å². The molecule has 2 amide bonds. The van der Waals surface area contributed by atoms with Gasteiger partial charge in [-0.3, -0.25) is 9.59 Å². The Kier molecular flexibility index (Phi) is 7.80. The number of amides is 2. The molecule has 0 N–H and O–H groups in total. The fourth-order valence-corrected chi connectivity index (χ4v) is 5.03. The highest BCUT2D eigenvalue weighted by Gasteiger charge is 2.32. The molecule has 182 valence electrons. The second-order valence-electron chi connectivity index (χ2n) is 9.35. The Hall–Kier alpha value is -2.96. The Morgan fingerprint density at radius 3 is 2.18 bits per heavy atom. The molecule has 0 spiro atoms. The number of benzene rings is 2. The van der Waals surface area contributed by atoms with Gasteiger partial charge in [-0.1, -0.05) is 12.1 Å². The van der Waals surface area contributed by atoms with E-state index in [1.165, 1.54) is 11.6 Å². The van der Waals surface area contributed by atoms with Crippen LogP contribution in [0.5, 0.6) is 5.75 Å². The van der Waals surface area contributed by atoms with Crippen LogP contribution in [0.15, 0.2) is 42.5 Å². The first-order valence-corrected chi connectivity index (χ1v) is 12.1. The highest BCUT2D eigenvalue weighted by molar-refractivity contribution is 5.94. The van der Waals surface area contributed by atoms with Gasteiger partial charge in [-0.15, -0.1) is 0 Å². The maximum Gasteiger partial charge on any atom is 0.256 e. The zero-order valence-electron chi connectivity index (χ0n) is 19.6. The number of hydrogen-bond acceptors (Lipinski definition) is 3. The smallest absolute Gasteiger partial charge is 0.256 e.